The molecule has 0 aromatic carbocycles. The highest BCUT2D eigenvalue weighted by atomic mass is 19.1. The van der Waals surface area contributed by atoms with Gasteiger partial charge in [0.25, 0.3) is 11.8 Å². The second kappa shape index (κ2) is 6.53. The van der Waals surface area contributed by atoms with Crippen molar-refractivity contribution in [3.8, 4) is 11.5 Å². The summed E-state index contributed by atoms with van der Waals surface area (Å²) in [6.45, 7) is 3.68. The number of rotatable bonds is 4. The Morgan fingerprint density at radius 3 is 2.79 bits per heavy atom. The summed E-state index contributed by atoms with van der Waals surface area (Å²) in [5.41, 5.74) is 1.40. The van der Waals surface area contributed by atoms with Crippen molar-refractivity contribution >= 4 is 11.7 Å². The Morgan fingerprint density at radius 2 is 2.12 bits per heavy atom. The lowest BCUT2D eigenvalue weighted by molar-refractivity contribution is 0.102. The lowest BCUT2D eigenvalue weighted by Gasteiger charge is -2.06. The molecule has 1 amide bonds. The van der Waals surface area contributed by atoms with E-state index >= 15 is 0 Å². The van der Waals surface area contributed by atoms with Crippen molar-refractivity contribution in [1.82, 2.24) is 20.1 Å². The number of nitrogens with one attached hydrogen (secondary N) is 1. The standard InChI is InChI=1S/C16H14FN5O2/c1-3-13-21-16(24-22-13)10-6-9(2)19-12(7-10)15(23)20-14-5-4-11(17)8-18-14/h4-8H,3H2,1-2H3,(H,18,20,23). The fourth-order valence-electron chi connectivity index (χ4n) is 2.05. The van der Waals surface area contributed by atoms with Crippen molar-refractivity contribution in [2.45, 2.75) is 20.3 Å². The molecule has 0 aliphatic rings. The zero-order chi connectivity index (χ0) is 17.1. The maximum absolute atomic E-state index is 12.9. The van der Waals surface area contributed by atoms with Crippen LogP contribution in [0.15, 0.2) is 35.0 Å². The Kier molecular flexibility index (Phi) is 4.28. The minimum absolute atomic E-state index is 0.173. The van der Waals surface area contributed by atoms with E-state index in [1.165, 1.54) is 12.1 Å². The average molecular weight is 327 g/mol. The smallest absolute Gasteiger partial charge is 0.275 e. The number of halogens is 1. The Balaban J connectivity index is 1.87. The van der Waals surface area contributed by atoms with Crippen LogP contribution in [0.2, 0.25) is 0 Å². The monoisotopic (exact) mass is 327 g/mol. The summed E-state index contributed by atoms with van der Waals surface area (Å²) in [4.78, 5) is 24.5. The summed E-state index contributed by atoms with van der Waals surface area (Å²) in [6, 6.07) is 5.89. The van der Waals surface area contributed by atoms with Gasteiger partial charge >= 0.3 is 0 Å². The van der Waals surface area contributed by atoms with E-state index in [0.717, 1.165) is 6.20 Å². The molecule has 0 aliphatic carbocycles. The Morgan fingerprint density at radius 1 is 1.29 bits per heavy atom. The molecule has 0 saturated heterocycles. The first-order chi connectivity index (χ1) is 11.5. The molecule has 3 aromatic rings. The minimum atomic E-state index is -0.480. The molecule has 122 valence electrons. The summed E-state index contributed by atoms with van der Waals surface area (Å²) in [5.74, 6) is 0.200. The van der Waals surface area contributed by atoms with Gasteiger partial charge in [0.15, 0.2) is 5.82 Å². The van der Waals surface area contributed by atoms with Gasteiger partial charge in [-0.3, -0.25) is 4.79 Å². The van der Waals surface area contributed by atoms with Crippen molar-refractivity contribution < 1.29 is 13.7 Å². The van der Waals surface area contributed by atoms with E-state index in [4.69, 9.17) is 4.52 Å². The Bertz CT molecular complexity index is 876. The molecule has 0 saturated carbocycles. The van der Waals surface area contributed by atoms with Gasteiger partial charge in [-0.05, 0) is 31.2 Å². The van der Waals surface area contributed by atoms with Gasteiger partial charge in [-0.15, -0.1) is 0 Å². The zero-order valence-electron chi connectivity index (χ0n) is 13.1. The second-order valence-electron chi connectivity index (χ2n) is 5.07. The van der Waals surface area contributed by atoms with Crippen molar-refractivity contribution in [3.05, 3.63) is 53.5 Å². The van der Waals surface area contributed by atoms with Crippen LogP contribution in [0.5, 0.6) is 0 Å². The molecule has 24 heavy (non-hydrogen) atoms. The van der Waals surface area contributed by atoms with Gasteiger partial charge in [-0.2, -0.15) is 4.98 Å². The van der Waals surface area contributed by atoms with Gasteiger partial charge in [0.2, 0.25) is 0 Å². The van der Waals surface area contributed by atoms with Crippen molar-refractivity contribution in [2.75, 3.05) is 5.32 Å². The van der Waals surface area contributed by atoms with Gasteiger partial charge < -0.3 is 9.84 Å². The van der Waals surface area contributed by atoms with E-state index < -0.39 is 11.7 Å². The van der Waals surface area contributed by atoms with Crippen LogP contribution in [-0.2, 0) is 6.42 Å². The number of hydrogen-bond acceptors (Lipinski definition) is 6. The molecule has 8 heteroatoms. The maximum atomic E-state index is 12.9. The average Bonchev–Trinajstić information content (AvgIpc) is 3.05. The summed E-state index contributed by atoms with van der Waals surface area (Å²) >= 11 is 0. The van der Waals surface area contributed by atoms with Gasteiger partial charge in [-0.1, -0.05) is 12.1 Å². The van der Waals surface area contributed by atoms with Crippen LogP contribution in [0.3, 0.4) is 0 Å². The summed E-state index contributed by atoms with van der Waals surface area (Å²) in [5, 5.41) is 6.40. The molecule has 0 fully saturated rings. The van der Waals surface area contributed by atoms with Crippen molar-refractivity contribution in [2.24, 2.45) is 0 Å². The van der Waals surface area contributed by atoms with Crippen LogP contribution in [0.25, 0.3) is 11.5 Å². The summed E-state index contributed by atoms with van der Waals surface area (Å²) in [6.07, 6.45) is 1.67. The highest BCUT2D eigenvalue weighted by Crippen LogP contribution is 2.20. The third-order valence-electron chi connectivity index (χ3n) is 3.19. The molecule has 1 N–H and O–H groups in total. The number of carbonyl (C=O) groups is 1. The number of nitrogens with zero attached hydrogens (tertiary/aromatic N) is 4. The summed E-state index contributed by atoms with van der Waals surface area (Å²) < 4.78 is 18.0. The number of hydrogen-bond donors (Lipinski definition) is 1. The van der Waals surface area contributed by atoms with Gasteiger partial charge in [-0.25, -0.2) is 14.4 Å². The highest BCUT2D eigenvalue weighted by Gasteiger charge is 2.14. The predicted octanol–water partition coefficient (Wildman–Crippen LogP) is 2.79. The second-order valence-corrected chi connectivity index (χ2v) is 5.07. The van der Waals surface area contributed by atoms with Gasteiger partial charge in [0.05, 0.1) is 6.20 Å². The van der Waals surface area contributed by atoms with Crippen LogP contribution >= 0.6 is 0 Å². The molecular formula is C16H14FN5O2. The zero-order valence-corrected chi connectivity index (χ0v) is 13.1. The molecule has 0 radical (unpaired) electrons. The van der Waals surface area contributed by atoms with Crippen LogP contribution in [0.1, 0.15) is 28.9 Å². The SMILES string of the molecule is CCc1noc(-c2cc(C)nc(C(=O)Nc3ccc(F)cn3)c2)n1. The van der Waals surface area contributed by atoms with Crippen LogP contribution in [-0.4, -0.2) is 26.0 Å². The predicted molar refractivity (Wildman–Crippen MR) is 83.8 cm³/mol. The molecule has 0 spiro atoms. The normalized spacial score (nSPS) is 10.6. The number of pyridine rings is 2. The molecule has 0 aliphatic heterocycles. The Hall–Kier alpha value is -3.16. The maximum Gasteiger partial charge on any atom is 0.275 e. The third-order valence-corrected chi connectivity index (χ3v) is 3.19. The lowest BCUT2D eigenvalue weighted by Crippen LogP contribution is -2.15. The molecule has 3 aromatic heterocycles. The number of aromatic nitrogens is 4. The van der Waals surface area contributed by atoms with Crippen molar-refractivity contribution in [3.63, 3.8) is 0 Å². The van der Waals surface area contributed by atoms with Gasteiger partial charge in [0.1, 0.15) is 17.3 Å². The van der Waals surface area contributed by atoms with E-state index in [2.05, 4.69) is 25.4 Å². The van der Waals surface area contributed by atoms with E-state index in [0.29, 0.717) is 29.4 Å². The first kappa shape index (κ1) is 15.7. The lowest BCUT2D eigenvalue weighted by atomic mass is 10.2. The van der Waals surface area contributed by atoms with Gasteiger partial charge in [0, 0.05) is 17.7 Å². The van der Waals surface area contributed by atoms with Crippen molar-refractivity contribution in [1.29, 1.82) is 0 Å². The molecule has 0 unspecified atom stereocenters. The topological polar surface area (TPSA) is 93.8 Å². The number of aryl methyl sites for hydroxylation is 2. The number of carbonyl (C=O) groups excluding carboxylic acids is 1. The first-order valence-electron chi connectivity index (χ1n) is 7.29. The summed E-state index contributed by atoms with van der Waals surface area (Å²) in [7, 11) is 0. The van der Waals surface area contributed by atoms with E-state index in [1.54, 1.807) is 19.1 Å². The van der Waals surface area contributed by atoms with Crippen LogP contribution in [0.4, 0.5) is 10.2 Å². The quantitative estimate of drug-likeness (QED) is 0.792. The number of amides is 1. The fraction of sp³-hybridized carbons (Fsp3) is 0.188. The molecule has 0 atom stereocenters. The number of anilines is 1. The first-order valence-corrected chi connectivity index (χ1v) is 7.29. The molecule has 3 rings (SSSR count). The molecular weight excluding hydrogens is 313 g/mol. The molecule has 3 heterocycles. The largest absolute Gasteiger partial charge is 0.334 e. The highest BCUT2D eigenvalue weighted by molar-refractivity contribution is 6.02. The van der Waals surface area contributed by atoms with E-state index in [1.807, 2.05) is 6.92 Å². The third kappa shape index (κ3) is 3.43. The minimum Gasteiger partial charge on any atom is -0.334 e. The Labute approximate surface area is 137 Å². The van der Waals surface area contributed by atoms with E-state index in [-0.39, 0.29) is 11.5 Å². The van der Waals surface area contributed by atoms with E-state index in [9.17, 15) is 9.18 Å². The molecule has 7 nitrogen and oxygen atoms in total. The van der Waals surface area contributed by atoms with Crippen LogP contribution in [0, 0.1) is 12.7 Å². The fourth-order valence-corrected chi connectivity index (χ4v) is 2.05. The van der Waals surface area contributed by atoms with Crippen LogP contribution < -0.4 is 5.32 Å². The molecule has 0 bridgehead atoms.